The summed E-state index contributed by atoms with van der Waals surface area (Å²) in [5.74, 6) is 0.308. The zero-order chi connectivity index (χ0) is 31.1. The number of hydrogen-bond acceptors (Lipinski definition) is 8. The average Bonchev–Trinajstić information content (AvgIpc) is 3.52. The SMILES string of the molecule is COc1ccc(C2CC(c3ccc(OC)cc3OC)=NN2C(=O)CN(CCN2CCOCC2)C(=O)c2ccccc2F)cc1. The molecule has 0 aliphatic carbocycles. The van der Waals surface area contributed by atoms with Crippen LogP contribution in [0.2, 0.25) is 0 Å². The Kier molecular flexibility index (Phi) is 10.1. The van der Waals surface area contributed by atoms with E-state index in [1.807, 2.05) is 36.4 Å². The number of methoxy groups -OCH3 is 3. The second-order valence-electron chi connectivity index (χ2n) is 10.5. The quantitative estimate of drug-likeness (QED) is 0.327. The fraction of sp³-hybridized carbons (Fsp3) is 0.364. The van der Waals surface area contributed by atoms with Crippen LogP contribution in [0.4, 0.5) is 4.39 Å². The molecule has 3 aromatic rings. The van der Waals surface area contributed by atoms with Crippen LogP contribution in [0.3, 0.4) is 0 Å². The maximum absolute atomic E-state index is 14.7. The molecule has 0 aromatic heterocycles. The number of carbonyl (C=O) groups excluding carboxylic acids is 2. The van der Waals surface area contributed by atoms with Crippen LogP contribution in [0.15, 0.2) is 71.8 Å². The first kappa shape index (κ1) is 31.0. The minimum atomic E-state index is -0.634. The predicted octanol–water partition coefficient (Wildman–Crippen LogP) is 4.00. The third kappa shape index (κ3) is 7.00. The largest absolute Gasteiger partial charge is 0.497 e. The van der Waals surface area contributed by atoms with Gasteiger partial charge >= 0.3 is 0 Å². The van der Waals surface area contributed by atoms with Gasteiger partial charge in [0.1, 0.15) is 29.6 Å². The molecule has 2 aliphatic rings. The fourth-order valence-electron chi connectivity index (χ4n) is 5.41. The summed E-state index contributed by atoms with van der Waals surface area (Å²) in [6, 6.07) is 18.3. The van der Waals surface area contributed by atoms with Crippen molar-refractivity contribution in [2.75, 3.05) is 67.3 Å². The standard InChI is InChI=1S/C33H37FN4O6/c1-41-24-10-8-23(9-11-24)30-21-29(27-13-12-25(42-2)20-31(27)43-3)35-38(30)32(39)22-37(15-14-36-16-18-44-19-17-36)33(40)26-6-4-5-7-28(26)34/h4-13,20,30H,14-19,21-22H2,1-3H3. The molecule has 2 heterocycles. The van der Waals surface area contributed by atoms with E-state index in [0.717, 1.165) is 24.2 Å². The first-order valence-electron chi connectivity index (χ1n) is 14.5. The van der Waals surface area contributed by atoms with Gasteiger partial charge in [-0.05, 0) is 42.0 Å². The van der Waals surface area contributed by atoms with E-state index in [2.05, 4.69) is 4.90 Å². The van der Waals surface area contributed by atoms with Gasteiger partial charge in [0.2, 0.25) is 0 Å². The van der Waals surface area contributed by atoms with Gasteiger partial charge in [-0.25, -0.2) is 9.40 Å². The molecule has 2 aliphatic heterocycles. The summed E-state index contributed by atoms with van der Waals surface area (Å²) in [5.41, 5.74) is 2.15. The molecule has 0 spiro atoms. The van der Waals surface area contributed by atoms with E-state index in [9.17, 15) is 14.0 Å². The lowest BCUT2D eigenvalue weighted by Crippen LogP contribution is -2.46. The number of nitrogens with zero attached hydrogens (tertiary/aromatic N) is 4. The van der Waals surface area contributed by atoms with Crippen LogP contribution in [0.25, 0.3) is 0 Å². The monoisotopic (exact) mass is 604 g/mol. The molecule has 11 heteroatoms. The smallest absolute Gasteiger partial charge is 0.262 e. The molecule has 3 aromatic carbocycles. The third-order valence-corrected chi connectivity index (χ3v) is 7.89. The van der Waals surface area contributed by atoms with E-state index >= 15 is 0 Å². The number of halogens is 1. The van der Waals surface area contributed by atoms with Crippen LogP contribution >= 0.6 is 0 Å². The van der Waals surface area contributed by atoms with Crippen molar-refractivity contribution in [3.63, 3.8) is 0 Å². The molecule has 0 N–H and O–H groups in total. The Morgan fingerprint density at radius 2 is 1.66 bits per heavy atom. The highest BCUT2D eigenvalue weighted by molar-refractivity contribution is 6.05. The van der Waals surface area contributed by atoms with Gasteiger partial charge in [0.15, 0.2) is 0 Å². The van der Waals surface area contributed by atoms with E-state index in [4.69, 9.17) is 24.0 Å². The maximum Gasteiger partial charge on any atom is 0.262 e. The summed E-state index contributed by atoms with van der Waals surface area (Å²) < 4.78 is 36.5. The number of carbonyl (C=O) groups is 2. The van der Waals surface area contributed by atoms with E-state index < -0.39 is 17.8 Å². The number of benzene rings is 3. The Hall–Kier alpha value is -4.48. The second-order valence-corrected chi connectivity index (χ2v) is 10.5. The molecule has 1 saturated heterocycles. The summed E-state index contributed by atoms with van der Waals surface area (Å²) in [6.07, 6.45) is 0.412. The number of morpholine rings is 1. The molecule has 5 rings (SSSR count). The van der Waals surface area contributed by atoms with Crippen LogP contribution in [0.1, 0.15) is 33.9 Å². The Morgan fingerprint density at radius 3 is 2.34 bits per heavy atom. The maximum atomic E-state index is 14.7. The highest BCUT2D eigenvalue weighted by Gasteiger charge is 2.36. The molecule has 1 fully saturated rings. The Balaban J connectivity index is 1.46. The Labute approximate surface area is 256 Å². The van der Waals surface area contributed by atoms with Gasteiger partial charge in [-0.15, -0.1) is 0 Å². The van der Waals surface area contributed by atoms with Crippen molar-refractivity contribution in [3.05, 3.63) is 89.2 Å². The van der Waals surface area contributed by atoms with Crippen LogP contribution in [-0.2, 0) is 9.53 Å². The normalized spacial score (nSPS) is 16.8. The summed E-state index contributed by atoms with van der Waals surface area (Å²) in [7, 11) is 4.74. The third-order valence-electron chi connectivity index (χ3n) is 7.89. The van der Waals surface area contributed by atoms with Crippen molar-refractivity contribution >= 4 is 17.5 Å². The van der Waals surface area contributed by atoms with Crippen LogP contribution in [0.5, 0.6) is 17.2 Å². The van der Waals surface area contributed by atoms with Crippen molar-refractivity contribution in [2.45, 2.75) is 12.5 Å². The molecule has 0 bridgehead atoms. The molecular formula is C33H37FN4O6. The minimum absolute atomic E-state index is 0.0810. The lowest BCUT2D eigenvalue weighted by molar-refractivity contribution is -0.133. The van der Waals surface area contributed by atoms with Gasteiger partial charge in [-0.2, -0.15) is 5.10 Å². The predicted molar refractivity (Wildman–Crippen MR) is 163 cm³/mol. The highest BCUT2D eigenvalue weighted by atomic mass is 19.1. The molecule has 2 amide bonds. The number of ether oxygens (including phenoxy) is 4. The number of hydrazone groups is 1. The lowest BCUT2D eigenvalue weighted by Gasteiger charge is -2.31. The lowest BCUT2D eigenvalue weighted by atomic mass is 9.97. The van der Waals surface area contributed by atoms with Crippen LogP contribution in [0, 0.1) is 5.82 Å². The molecule has 10 nitrogen and oxygen atoms in total. The first-order chi connectivity index (χ1) is 21.4. The highest BCUT2D eigenvalue weighted by Crippen LogP contribution is 2.37. The summed E-state index contributed by atoms with van der Waals surface area (Å²) in [4.78, 5) is 31.3. The van der Waals surface area contributed by atoms with Gasteiger partial charge in [0.25, 0.3) is 11.8 Å². The fourth-order valence-corrected chi connectivity index (χ4v) is 5.41. The van der Waals surface area contributed by atoms with E-state index in [1.165, 1.54) is 28.1 Å². The van der Waals surface area contributed by atoms with Gasteiger partial charge in [-0.3, -0.25) is 14.5 Å². The van der Waals surface area contributed by atoms with Gasteiger partial charge in [0, 0.05) is 44.2 Å². The number of rotatable bonds is 11. The van der Waals surface area contributed by atoms with Crippen molar-refractivity contribution in [1.82, 2.24) is 14.8 Å². The van der Waals surface area contributed by atoms with Crippen LogP contribution in [-0.4, -0.2) is 99.6 Å². The number of amides is 2. The van der Waals surface area contributed by atoms with Gasteiger partial charge in [0.05, 0.1) is 51.9 Å². The number of hydrogen-bond donors (Lipinski definition) is 0. The molecule has 44 heavy (non-hydrogen) atoms. The molecule has 232 valence electrons. The molecule has 1 unspecified atom stereocenters. The Bertz CT molecular complexity index is 1490. The van der Waals surface area contributed by atoms with Crippen molar-refractivity contribution in [1.29, 1.82) is 0 Å². The first-order valence-corrected chi connectivity index (χ1v) is 14.5. The summed E-state index contributed by atoms with van der Waals surface area (Å²) in [6.45, 7) is 3.13. The topological polar surface area (TPSA) is 93.1 Å². The average molecular weight is 605 g/mol. The molecular weight excluding hydrogens is 567 g/mol. The zero-order valence-electron chi connectivity index (χ0n) is 25.2. The van der Waals surface area contributed by atoms with E-state index in [-0.39, 0.29) is 24.6 Å². The van der Waals surface area contributed by atoms with E-state index in [1.54, 1.807) is 33.5 Å². The van der Waals surface area contributed by atoms with E-state index in [0.29, 0.717) is 49.1 Å². The molecule has 0 saturated carbocycles. The summed E-state index contributed by atoms with van der Waals surface area (Å²) >= 11 is 0. The van der Waals surface area contributed by atoms with Crippen molar-refractivity contribution in [2.24, 2.45) is 5.10 Å². The Morgan fingerprint density at radius 1 is 0.955 bits per heavy atom. The van der Waals surface area contributed by atoms with Crippen molar-refractivity contribution in [3.8, 4) is 17.2 Å². The minimum Gasteiger partial charge on any atom is -0.497 e. The van der Waals surface area contributed by atoms with Gasteiger partial charge < -0.3 is 23.8 Å². The molecule has 0 radical (unpaired) electrons. The molecule has 1 atom stereocenters. The second kappa shape index (κ2) is 14.3. The van der Waals surface area contributed by atoms with Crippen molar-refractivity contribution < 1.29 is 32.9 Å². The van der Waals surface area contributed by atoms with Crippen LogP contribution < -0.4 is 14.2 Å². The van der Waals surface area contributed by atoms with Gasteiger partial charge in [-0.1, -0.05) is 24.3 Å². The summed E-state index contributed by atoms with van der Waals surface area (Å²) in [5, 5.41) is 6.21. The zero-order valence-corrected chi connectivity index (χ0v) is 25.2.